The molecule has 1 N–H and O–H groups in total. The molecule has 0 saturated carbocycles. The van der Waals surface area contributed by atoms with Crippen LogP contribution in [0.15, 0.2) is 41.7 Å². The smallest absolute Gasteiger partial charge is 0.317 e. The molecule has 0 spiro atoms. The molecule has 4 heteroatoms. The van der Waals surface area contributed by atoms with Crippen molar-refractivity contribution in [2.45, 2.75) is 25.4 Å². The predicted octanol–water partition coefficient (Wildman–Crippen LogP) is 1.91. The van der Waals surface area contributed by atoms with Gasteiger partial charge in [0.25, 0.3) is 0 Å². The topological polar surface area (TPSA) is 39.0 Å². The maximum atomic E-state index is 12.6. The highest BCUT2D eigenvalue weighted by atomic mass is 16.1. The van der Waals surface area contributed by atoms with Crippen molar-refractivity contribution in [1.82, 2.24) is 14.5 Å². The number of piperidine rings is 1. The molecular weight excluding hydrogens is 238 g/mol. The molecule has 3 rings (SSSR count). The fraction of sp³-hybridized carbons (Fsp3) is 0.400. The molecule has 100 valence electrons. The standard InChI is InChI=1S/C15H19N3O/c1-2-11-17-13-5-3-4-6-14(13)18(15(17)19)12-7-9-16-10-8-12/h2-6,12,16H,1,7-11H2. The molecule has 2 heterocycles. The van der Waals surface area contributed by atoms with E-state index in [4.69, 9.17) is 0 Å². The second-order valence-electron chi connectivity index (χ2n) is 5.02. The average molecular weight is 257 g/mol. The van der Waals surface area contributed by atoms with E-state index >= 15 is 0 Å². The van der Waals surface area contributed by atoms with Crippen molar-refractivity contribution in [3.05, 3.63) is 47.4 Å². The Morgan fingerprint density at radius 1 is 1.26 bits per heavy atom. The molecule has 1 aromatic heterocycles. The first-order valence-electron chi connectivity index (χ1n) is 6.84. The van der Waals surface area contributed by atoms with Crippen molar-refractivity contribution in [1.29, 1.82) is 0 Å². The van der Waals surface area contributed by atoms with Gasteiger partial charge in [-0.15, -0.1) is 6.58 Å². The average Bonchev–Trinajstić information content (AvgIpc) is 2.73. The number of nitrogens with one attached hydrogen (secondary N) is 1. The molecule has 1 aliphatic heterocycles. The highest BCUT2D eigenvalue weighted by molar-refractivity contribution is 5.76. The van der Waals surface area contributed by atoms with Crippen LogP contribution in [0.4, 0.5) is 0 Å². The first-order valence-corrected chi connectivity index (χ1v) is 6.84. The molecule has 1 fully saturated rings. The first kappa shape index (κ1) is 12.2. The van der Waals surface area contributed by atoms with Crippen LogP contribution >= 0.6 is 0 Å². The lowest BCUT2D eigenvalue weighted by atomic mass is 10.1. The summed E-state index contributed by atoms with van der Waals surface area (Å²) in [6.07, 6.45) is 3.81. The molecule has 1 aromatic carbocycles. The number of nitrogens with zero attached hydrogens (tertiary/aromatic N) is 2. The first-order chi connectivity index (χ1) is 9.33. The molecule has 0 unspecified atom stereocenters. The Balaban J connectivity index is 2.20. The molecule has 2 aromatic rings. The molecule has 0 amide bonds. The van der Waals surface area contributed by atoms with Gasteiger partial charge in [-0.05, 0) is 38.1 Å². The van der Waals surface area contributed by atoms with E-state index in [1.807, 2.05) is 33.4 Å². The Morgan fingerprint density at radius 3 is 2.63 bits per heavy atom. The Morgan fingerprint density at radius 2 is 1.95 bits per heavy atom. The fourth-order valence-corrected chi connectivity index (χ4v) is 2.96. The number of benzene rings is 1. The minimum absolute atomic E-state index is 0.0907. The number of hydrogen-bond acceptors (Lipinski definition) is 2. The number of allylic oxidation sites excluding steroid dienone is 1. The minimum atomic E-state index is 0.0907. The predicted molar refractivity (Wildman–Crippen MR) is 77.5 cm³/mol. The summed E-state index contributed by atoms with van der Waals surface area (Å²) in [7, 11) is 0. The molecule has 4 nitrogen and oxygen atoms in total. The normalized spacial score (nSPS) is 16.8. The van der Waals surface area contributed by atoms with E-state index in [-0.39, 0.29) is 5.69 Å². The highest BCUT2D eigenvalue weighted by Gasteiger charge is 2.21. The Kier molecular flexibility index (Phi) is 3.25. The van der Waals surface area contributed by atoms with Crippen LogP contribution in [0.1, 0.15) is 18.9 Å². The third kappa shape index (κ3) is 2.02. The lowest BCUT2D eigenvalue weighted by molar-refractivity contribution is 0.365. The summed E-state index contributed by atoms with van der Waals surface area (Å²) in [4.78, 5) is 12.6. The zero-order valence-electron chi connectivity index (χ0n) is 11.0. The van der Waals surface area contributed by atoms with Gasteiger partial charge in [0, 0.05) is 12.6 Å². The van der Waals surface area contributed by atoms with E-state index in [0.29, 0.717) is 12.6 Å². The van der Waals surface area contributed by atoms with Gasteiger partial charge in [-0.1, -0.05) is 18.2 Å². The maximum absolute atomic E-state index is 12.6. The number of imidazole rings is 1. The molecule has 0 bridgehead atoms. The van der Waals surface area contributed by atoms with Crippen molar-refractivity contribution >= 4 is 11.0 Å². The van der Waals surface area contributed by atoms with Gasteiger partial charge < -0.3 is 5.32 Å². The molecular formula is C15H19N3O. The van der Waals surface area contributed by atoms with Gasteiger partial charge in [0.05, 0.1) is 11.0 Å². The maximum Gasteiger partial charge on any atom is 0.329 e. The summed E-state index contributed by atoms with van der Waals surface area (Å²) in [5.41, 5.74) is 2.14. The van der Waals surface area contributed by atoms with Crippen LogP contribution in [0.2, 0.25) is 0 Å². The van der Waals surface area contributed by atoms with Gasteiger partial charge >= 0.3 is 5.69 Å². The van der Waals surface area contributed by atoms with Crippen molar-refractivity contribution in [2.75, 3.05) is 13.1 Å². The summed E-state index contributed by atoms with van der Waals surface area (Å²) in [6.45, 7) is 6.28. The quantitative estimate of drug-likeness (QED) is 0.853. The third-order valence-electron chi connectivity index (χ3n) is 3.85. The molecule has 19 heavy (non-hydrogen) atoms. The Bertz CT molecular complexity index is 647. The van der Waals surface area contributed by atoms with Crippen LogP contribution < -0.4 is 11.0 Å². The summed E-state index contributed by atoms with van der Waals surface area (Å²) < 4.78 is 3.78. The highest BCUT2D eigenvalue weighted by Crippen LogP contribution is 2.23. The number of fused-ring (bicyclic) bond motifs is 1. The van der Waals surface area contributed by atoms with Gasteiger partial charge in [0.2, 0.25) is 0 Å². The lowest BCUT2D eigenvalue weighted by Crippen LogP contribution is -2.34. The van der Waals surface area contributed by atoms with Crippen LogP contribution in [0, 0.1) is 0 Å². The van der Waals surface area contributed by atoms with E-state index in [2.05, 4.69) is 11.9 Å². The summed E-state index contributed by atoms with van der Waals surface area (Å²) in [6, 6.07) is 8.34. The molecule has 0 atom stereocenters. The van der Waals surface area contributed by atoms with Crippen LogP contribution in [0.5, 0.6) is 0 Å². The van der Waals surface area contributed by atoms with Crippen molar-refractivity contribution in [3.63, 3.8) is 0 Å². The minimum Gasteiger partial charge on any atom is -0.317 e. The monoisotopic (exact) mass is 257 g/mol. The summed E-state index contributed by atoms with van der Waals surface area (Å²) in [5, 5.41) is 3.35. The zero-order chi connectivity index (χ0) is 13.2. The van der Waals surface area contributed by atoms with Crippen LogP contribution in [0.25, 0.3) is 11.0 Å². The lowest BCUT2D eigenvalue weighted by Gasteiger charge is -2.23. The van der Waals surface area contributed by atoms with E-state index < -0.39 is 0 Å². The van der Waals surface area contributed by atoms with E-state index in [9.17, 15) is 4.79 Å². The number of para-hydroxylation sites is 2. The number of hydrogen-bond donors (Lipinski definition) is 1. The number of aromatic nitrogens is 2. The van der Waals surface area contributed by atoms with E-state index in [1.54, 1.807) is 6.08 Å². The summed E-state index contributed by atoms with van der Waals surface area (Å²) >= 11 is 0. The Labute approximate surface area is 112 Å². The second-order valence-corrected chi connectivity index (χ2v) is 5.02. The van der Waals surface area contributed by atoms with Crippen LogP contribution in [0.3, 0.4) is 0 Å². The van der Waals surface area contributed by atoms with Gasteiger partial charge in [-0.3, -0.25) is 9.13 Å². The summed E-state index contributed by atoms with van der Waals surface area (Å²) in [5.74, 6) is 0. The molecule has 1 aliphatic rings. The van der Waals surface area contributed by atoms with Crippen molar-refractivity contribution in [2.24, 2.45) is 0 Å². The second kappa shape index (κ2) is 5.05. The van der Waals surface area contributed by atoms with Crippen molar-refractivity contribution < 1.29 is 0 Å². The van der Waals surface area contributed by atoms with E-state index in [1.165, 1.54) is 0 Å². The fourth-order valence-electron chi connectivity index (χ4n) is 2.96. The SMILES string of the molecule is C=CCn1c(=O)n(C2CCNCC2)c2ccccc21. The largest absolute Gasteiger partial charge is 0.329 e. The zero-order valence-corrected chi connectivity index (χ0v) is 11.0. The third-order valence-corrected chi connectivity index (χ3v) is 3.85. The molecule has 1 saturated heterocycles. The molecule has 0 aliphatic carbocycles. The van der Waals surface area contributed by atoms with Gasteiger partial charge in [-0.2, -0.15) is 0 Å². The van der Waals surface area contributed by atoms with Gasteiger partial charge in [-0.25, -0.2) is 4.79 Å². The molecule has 0 radical (unpaired) electrons. The van der Waals surface area contributed by atoms with Crippen LogP contribution in [-0.4, -0.2) is 22.2 Å². The van der Waals surface area contributed by atoms with E-state index in [0.717, 1.165) is 37.0 Å². The van der Waals surface area contributed by atoms with Crippen LogP contribution in [-0.2, 0) is 6.54 Å². The van der Waals surface area contributed by atoms with Gasteiger partial charge in [0.15, 0.2) is 0 Å². The van der Waals surface area contributed by atoms with Crippen molar-refractivity contribution in [3.8, 4) is 0 Å². The number of rotatable bonds is 3. The van der Waals surface area contributed by atoms with Gasteiger partial charge in [0.1, 0.15) is 0 Å². The Hall–Kier alpha value is -1.81.